The fraction of sp³-hybridized carbons (Fsp3) is 0. The number of benzene rings is 4. The lowest BCUT2D eigenvalue weighted by Gasteiger charge is -2.11. The standard InChI is InChI=1S/C21H15NO4S/c23-21(16-10-9-14-5-1-2-6-15(14)13-16)22-19-11-12-20(27(24,25)26)18-8-4-3-7-17(18)19/h1-13H,(H,22,23)(H,24,25,26). The van der Waals surface area contributed by atoms with Crippen LogP contribution in [0.1, 0.15) is 10.4 Å². The fourth-order valence-electron chi connectivity index (χ4n) is 3.13. The summed E-state index contributed by atoms with van der Waals surface area (Å²) in [6.45, 7) is 0. The summed E-state index contributed by atoms with van der Waals surface area (Å²) in [5.74, 6) is -0.300. The van der Waals surface area contributed by atoms with E-state index in [2.05, 4.69) is 5.32 Å². The number of hydrogen-bond donors (Lipinski definition) is 2. The highest BCUT2D eigenvalue weighted by Crippen LogP contribution is 2.30. The van der Waals surface area contributed by atoms with Crippen LogP contribution in [-0.4, -0.2) is 18.9 Å². The number of fused-ring (bicyclic) bond motifs is 2. The Bertz CT molecular complexity index is 1300. The van der Waals surface area contributed by atoms with Crippen LogP contribution >= 0.6 is 0 Å². The number of hydrogen-bond acceptors (Lipinski definition) is 3. The second-order valence-corrected chi connectivity index (χ2v) is 7.54. The van der Waals surface area contributed by atoms with Crippen molar-refractivity contribution in [3.63, 3.8) is 0 Å². The molecule has 134 valence electrons. The summed E-state index contributed by atoms with van der Waals surface area (Å²) >= 11 is 0. The molecule has 4 aromatic rings. The zero-order valence-corrected chi connectivity index (χ0v) is 14.9. The summed E-state index contributed by atoms with van der Waals surface area (Å²) in [5, 5.41) is 5.70. The minimum atomic E-state index is -4.36. The summed E-state index contributed by atoms with van der Waals surface area (Å²) < 4.78 is 32.6. The van der Waals surface area contributed by atoms with Gasteiger partial charge in [-0.15, -0.1) is 0 Å². The van der Waals surface area contributed by atoms with Crippen LogP contribution in [0.5, 0.6) is 0 Å². The number of amides is 1. The summed E-state index contributed by atoms with van der Waals surface area (Å²) in [7, 11) is -4.36. The molecule has 0 heterocycles. The van der Waals surface area contributed by atoms with Gasteiger partial charge in [0.05, 0.1) is 0 Å². The van der Waals surface area contributed by atoms with E-state index in [1.165, 1.54) is 12.1 Å². The van der Waals surface area contributed by atoms with Gasteiger partial charge in [-0.3, -0.25) is 9.35 Å². The van der Waals surface area contributed by atoms with Gasteiger partial charge in [0, 0.05) is 22.0 Å². The van der Waals surface area contributed by atoms with Crippen molar-refractivity contribution < 1.29 is 17.8 Å². The van der Waals surface area contributed by atoms with Gasteiger partial charge in [0.25, 0.3) is 16.0 Å². The van der Waals surface area contributed by atoms with Crippen molar-refractivity contribution in [2.24, 2.45) is 0 Å². The van der Waals surface area contributed by atoms with E-state index in [1.54, 1.807) is 36.4 Å². The molecule has 0 fully saturated rings. The topological polar surface area (TPSA) is 83.5 Å². The largest absolute Gasteiger partial charge is 0.321 e. The van der Waals surface area contributed by atoms with Crippen LogP contribution in [0, 0.1) is 0 Å². The van der Waals surface area contributed by atoms with E-state index in [9.17, 15) is 17.8 Å². The molecule has 4 rings (SSSR count). The molecule has 0 radical (unpaired) electrons. The summed E-state index contributed by atoms with van der Waals surface area (Å²) in [6, 6.07) is 22.6. The van der Waals surface area contributed by atoms with Crippen molar-refractivity contribution in [3.8, 4) is 0 Å². The zero-order chi connectivity index (χ0) is 19.0. The predicted octanol–water partition coefficient (Wildman–Crippen LogP) is 4.49. The maximum Gasteiger partial charge on any atom is 0.295 e. The molecule has 0 saturated heterocycles. The van der Waals surface area contributed by atoms with Crippen LogP contribution < -0.4 is 5.32 Å². The van der Waals surface area contributed by atoms with Gasteiger partial charge in [0.1, 0.15) is 4.90 Å². The highest BCUT2D eigenvalue weighted by Gasteiger charge is 2.17. The normalized spacial score (nSPS) is 11.6. The van der Waals surface area contributed by atoms with E-state index in [0.717, 1.165) is 10.8 Å². The van der Waals surface area contributed by atoms with Gasteiger partial charge in [-0.2, -0.15) is 8.42 Å². The molecule has 0 aliphatic carbocycles. The number of rotatable bonds is 3. The Balaban J connectivity index is 1.75. The zero-order valence-electron chi connectivity index (χ0n) is 14.1. The molecule has 0 bridgehead atoms. The molecule has 2 N–H and O–H groups in total. The van der Waals surface area contributed by atoms with Gasteiger partial charge in [0.15, 0.2) is 0 Å². The molecular weight excluding hydrogens is 362 g/mol. The van der Waals surface area contributed by atoms with Gasteiger partial charge in [0.2, 0.25) is 0 Å². The number of nitrogens with one attached hydrogen (secondary N) is 1. The quantitative estimate of drug-likeness (QED) is 0.515. The summed E-state index contributed by atoms with van der Waals surface area (Å²) in [4.78, 5) is 12.5. The van der Waals surface area contributed by atoms with Crippen LogP contribution in [0.2, 0.25) is 0 Å². The van der Waals surface area contributed by atoms with Crippen LogP contribution in [0.25, 0.3) is 21.5 Å². The molecule has 0 aliphatic heterocycles. The fourth-order valence-corrected chi connectivity index (χ4v) is 3.83. The SMILES string of the molecule is O=C(Nc1ccc(S(=O)(=O)O)c2ccccc12)c1ccc2ccccc2c1. The van der Waals surface area contributed by atoms with Crippen molar-refractivity contribution in [3.05, 3.63) is 84.4 Å². The molecule has 6 heteroatoms. The average Bonchev–Trinajstić information content (AvgIpc) is 2.67. The van der Waals surface area contributed by atoms with Gasteiger partial charge in [-0.05, 0) is 35.0 Å². The first-order valence-electron chi connectivity index (χ1n) is 8.23. The Morgan fingerprint density at radius 1 is 0.778 bits per heavy atom. The maximum atomic E-state index is 12.7. The average molecular weight is 377 g/mol. The molecule has 0 aliphatic rings. The molecule has 27 heavy (non-hydrogen) atoms. The Hall–Kier alpha value is -3.22. The lowest BCUT2D eigenvalue weighted by atomic mass is 10.1. The third-order valence-corrected chi connectivity index (χ3v) is 5.33. The smallest absolute Gasteiger partial charge is 0.295 e. The van der Waals surface area contributed by atoms with Crippen molar-refractivity contribution >= 4 is 43.3 Å². The van der Waals surface area contributed by atoms with Crippen molar-refractivity contribution in [1.82, 2.24) is 0 Å². The van der Waals surface area contributed by atoms with E-state index < -0.39 is 10.1 Å². The Kier molecular flexibility index (Phi) is 4.14. The first-order chi connectivity index (χ1) is 12.9. The summed E-state index contributed by atoms with van der Waals surface area (Å²) in [5.41, 5.74) is 0.966. The van der Waals surface area contributed by atoms with Crippen molar-refractivity contribution in [1.29, 1.82) is 0 Å². The molecule has 0 saturated carbocycles. The number of carbonyl (C=O) groups is 1. The van der Waals surface area contributed by atoms with Gasteiger partial charge in [-0.1, -0.05) is 54.6 Å². The molecular formula is C21H15NO4S. The Morgan fingerprint density at radius 2 is 1.44 bits per heavy atom. The summed E-state index contributed by atoms with van der Waals surface area (Å²) in [6.07, 6.45) is 0. The molecule has 0 aromatic heterocycles. The van der Waals surface area contributed by atoms with Crippen LogP contribution in [0.15, 0.2) is 83.8 Å². The van der Waals surface area contributed by atoms with E-state index in [-0.39, 0.29) is 10.8 Å². The predicted molar refractivity (Wildman–Crippen MR) is 106 cm³/mol. The number of carbonyl (C=O) groups excluding carboxylic acids is 1. The highest BCUT2D eigenvalue weighted by molar-refractivity contribution is 7.86. The molecule has 5 nitrogen and oxygen atoms in total. The van der Waals surface area contributed by atoms with Gasteiger partial charge >= 0.3 is 0 Å². The molecule has 0 spiro atoms. The van der Waals surface area contributed by atoms with Crippen molar-refractivity contribution in [2.75, 3.05) is 5.32 Å². The molecule has 4 aromatic carbocycles. The van der Waals surface area contributed by atoms with Crippen LogP contribution in [0.4, 0.5) is 5.69 Å². The molecule has 1 amide bonds. The first kappa shape index (κ1) is 17.2. The van der Waals surface area contributed by atoms with Gasteiger partial charge in [-0.25, -0.2) is 0 Å². The third-order valence-electron chi connectivity index (χ3n) is 4.42. The van der Waals surface area contributed by atoms with E-state index in [1.807, 2.05) is 30.3 Å². The first-order valence-corrected chi connectivity index (χ1v) is 9.67. The molecule has 0 atom stereocenters. The minimum absolute atomic E-state index is 0.193. The lowest BCUT2D eigenvalue weighted by Crippen LogP contribution is -2.12. The van der Waals surface area contributed by atoms with E-state index in [0.29, 0.717) is 22.0 Å². The van der Waals surface area contributed by atoms with E-state index >= 15 is 0 Å². The second-order valence-electron chi connectivity index (χ2n) is 6.15. The van der Waals surface area contributed by atoms with Crippen molar-refractivity contribution in [2.45, 2.75) is 4.90 Å². The lowest BCUT2D eigenvalue weighted by molar-refractivity contribution is 0.102. The van der Waals surface area contributed by atoms with Gasteiger partial charge < -0.3 is 5.32 Å². The van der Waals surface area contributed by atoms with E-state index in [4.69, 9.17) is 0 Å². The highest BCUT2D eigenvalue weighted by atomic mass is 32.2. The Morgan fingerprint density at radius 3 is 2.19 bits per heavy atom. The maximum absolute atomic E-state index is 12.7. The van der Waals surface area contributed by atoms with Crippen LogP contribution in [-0.2, 0) is 10.1 Å². The third kappa shape index (κ3) is 3.28. The molecule has 0 unspecified atom stereocenters. The van der Waals surface area contributed by atoms with Crippen LogP contribution in [0.3, 0.4) is 0 Å². The number of anilines is 1. The Labute approximate surface area is 156 Å². The monoisotopic (exact) mass is 377 g/mol. The second kappa shape index (κ2) is 6.50. The minimum Gasteiger partial charge on any atom is -0.321 e.